The van der Waals surface area contributed by atoms with Crippen molar-refractivity contribution in [1.29, 1.82) is 0 Å². The summed E-state index contributed by atoms with van der Waals surface area (Å²) in [6, 6.07) is 11.0. The average molecular weight is 401 g/mol. The molecule has 0 saturated carbocycles. The Kier molecular flexibility index (Phi) is 5.82. The van der Waals surface area contributed by atoms with Crippen LogP contribution in [0, 0.1) is 21.8 Å². The maximum Gasteiger partial charge on any atom is 0.311 e. The van der Waals surface area contributed by atoms with E-state index >= 15 is 0 Å². The Labute approximate surface area is 164 Å². The van der Waals surface area contributed by atoms with Gasteiger partial charge in [0.05, 0.1) is 16.5 Å². The lowest BCUT2D eigenvalue weighted by atomic mass is 10.1. The number of carbonyl (C=O) groups excluding carboxylic acids is 3. The largest absolute Gasteiger partial charge is 0.455 e. The molecule has 0 radical (unpaired) electrons. The zero-order valence-electron chi connectivity index (χ0n) is 15.0. The Morgan fingerprint density at radius 1 is 1.24 bits per heavy atom. The van der Waals surface area contributed by atoms with Gasteiger partial charge in [0.1, 0.15) is 5.82 Å². The molecule has 1 fully saturated rings. The number of rotatable bonds is 6. The molecular formula is C19H16FN3O6. The second-order valence-corrected chi connectivity index (χ2v) is 6.32. The number of non-ortho nitro benzene ring substituents is 1. The van der Waals surface area contributed by atoms with Crippen LogP contribution >= 0.6 is 0 Å². The smallest absolute Gasteiger partial charge is 0.311 e. The van der Waals surface area contributed by atoms with Gasteiger partial charge in [0, 0.05) is 30.8 Å². The molecule has 0 bridgehead atoms. The molecule has 2 aromatic rings. The molecule has 150 valence electrons. The summed E-state index contributed by atoms with van der Waals surface area (Å²) in [5.41, 5.74) is 0.0655. The Hall–Kier alpha value is -3.82. The molecule has 1 aliphatic rings. The van der Waals surface area contributed by atoms with E-state index in [4.69, 9.17) is 4.74 Å². The number of ether oxygens (including phenoxy) is 1. The van der Waals surface area contributed by atoms with Crippen LogP contribution in [0.2, 0.25) is 0 Å². The minimum Gasteiger partial charge on any atom is -0.455 e. The topological polar surface area (TPSA) is 119 Å². The fourth-order valence-electron chi connectivity index (χ4n) is 2.92. The number of anilines is 2. The first-order valence-corrected chi connectivity index (χ1v) is 8.61. The number of hydrogen-bond acceptors (Lipinski definition) is 6. The van der Waals surface area contributed by atoms with Gasteiger partial charge in [-0.15, -0.1) is 0 Å². The summed E-state index contributed by atoms with van der Waals surface area (Å²) in [6.45, 7) is -0.670. The molecule has 1 N–H and O–H groups in total. The van der Waals surface area contributed by atoms with Crippen LogP contribution in [-0.2, 0) is 19.1 Å². The van der Waals surface area contributed by atoms with Crippen molar-refractivity contribution in [3.8, 4) is 0 Å². The number of halogens is 1. The second kappa shape index (κ2) is 8.46. The molecule has 0 aromatic heterocycles. The van der Waals surface area contributed by atoms with Gasteiger partial charge in [-0.25, -0.2) is 4.39 Å². The van der Waals surface area contributed by atoms with Crippen LogP contribution in [0.25, 0.3) is 0 Å². The lowest BCUT2D eigenvalue weighted by Gasteiger charge is -2.17. The van der Waals surface area contributed by atoms with Gasteiger partial charge in [-0.3, -0.25) is 24.5 Å². The molecule has 0 aliphatic carbocycles. The zero-order chi connectivity index (χ0) is 21.0. The minimum atomic E-state index is -0.826. The highest BCUT2D eigenvalue weighted by atomic mass is 19.1. The van der Waals surface area contributed by atoms with Crippen LogP contribution < -0.4 is 10.2 Å². The van der Waals surface area contributed by atoms with Crippen molar-refractivity contribution in [3.63, 3.8) is 0 Å². The summed E-state index contributed by atoms with van der Waals surface area (Å²) in [5.74, 6) is -3.27. The van der Waals surface area contributed by atoms with Crippen LogP contribution in [0.4, 0.5) is 21.5 Å². The lowest BCUT2D eigenvalue weighted by Crippen LogP contribution is -2.28. The monoisotopic (exact) mass is 401 g/mol. The van der Waals surface area contributed by atoms with E-state index < -0.39 is 41.0 Å². The van der Waals surface area contributed by atoms with Gasteiger partial charge in [-0.05, 0) is 18.2 Å². The van der Waals surface area contributed by atoms with Crippen molar-refractivity contribution in [2.75, 3.05) is 23.4 Å². The van der Waals surface area contributed by atoms with E-state index in [0.717, 1.165) is 0 Å². The van der Waals surface area contributed by atoms with Crippen molar-refractivity contribution in [1.82, 2.24) is 0 Å². The molecule has 0 unspecified atom stereocenters. The molecule has 9 nitrogen and oxygen atoms in total. The minimum absolute atomic E-state index is 0.0505. The molecule has 1 aliphatic heterocycles. The van der Waals surface area contributed by atoms with E-state index in [1.165, 1.54) is 47.4 Å². The average Bonchev–Trinajstić information content (AvgIpc) is 3.08. The molecule has 1 heterocycles. The highest BCUT2D eigenvalue weighted by Crippen LogP contribution is 2.27. The Balaban J connectivity index is 1.54. The molecular weight excluding hydrogens is 385 g/mol. The van der Waals surface area contributed by atoms with Crippen molar-refractivity contribution in [3.05, 3.63) is 64.5 Å². The van der Waals surface area contributed by atoms with Crippen molar-refractivity contribution in [2.24, 2.45) is 5.92 Å². The first kappa shape index (κ1) is 19.9. The number of nitro groups is 1. The molecule has 1 saturated heterocycles. The number of benzene rings is 2. The summed E-state index contributed by atoms with van der Waals surface area (Å²) in [5, 5.41) is 13.1. The van der Waals surface area contributed by atoms with Gasteiger partial charge >= 0.3 is 5.97 Å². The quantitative estimate of drug-likeness (QED) is 0.451. The number of carbonyl (C=O) groups is 3. The predicted molar refractivity (Wildman–Crippen MR) is 99.5 cm³/mol. The summed E-state index contributed by atoms with van der Waals surface area (Å²) in [4.78, 5) is 47.6. The van der Waals surface area contributed by atoms with Gasteiger partial charge in [0.25, 0.3) is 11.6 Å². The SMILES string of the molecule is O=C(COC(=O)[C@H]1CC(=O)N(c2ccccc2F)C1)Nc1cccc([N+](=O)[O-])c1. The molecule has 29 heavy (non-hydrogen) atoms. The van der Waals surface area contributed by atoms with Gasteiger partial charge in [0.15, 0.2) is 6.61 Å². The summed E-state index contributed by atoms with van der Waals surface area (Å²) >= 11 is 0. The van der Waals surface area contributed by atoms with Crippen LogP contribution in [0.15, 0.2) is 48.5 Å². The van der Waals surface area contributed by atoms with Crippen LogP contribution in [0.5, 0.6) is 0 Å². The molecule has 2 amide bonds. The number of nitrogens with zero attached hydrogens (tertiary/aromatic N) is 2. The normalized spacial score (nSPS) is 15.8. The summed E-state index contributed by atoms with van der Waals surface area (Å²) in [6.07, 6.45) is -0.153. The zero-order valence-corrected chi connectivity index (χ0v) is 15.0. The predicted octanol–water partition coefficient (Wildman–Crippen LogP) is 2.27. The van der Waals surface area contributed by atoms with E-state index in [0.29, 0.717) is 0 Å². The maximum absolute atomic E-state index is 13.9. The Bertz CT molecular complexity index is 980. The van der Waals surface area contributed by atoms with Crippen molar-refractivity contribution in [2.45, 2.75) is 6.42 Å². The van der Waals surface area contributed by atoms with Crippen LogP contribution in [0.3, 0.4) is 0 Å². The van der Waals surface area contributed by atoms with Gasteiger partial charge in [-0.1, -0.05) is 18.2 Å². The number of para-hydroxylation sites is 1. The Morgan fingerprint density at radius 3 is 2.72 bits per heavy atom. The fourth-order valence-corrected chi connectivity index (χ4v) is 2.92. The second-order valence-electron chi connectivity index (χ2n) is 6.32. The van der Waals surface area contributed by atoms with Crippen molar-refractivity contribution < 1.29 is 28.4 Å². The third kappa shape index (κ3) is 4.72. The van der Waals surface area contributed by atoms with E-state index in [9.17, 15) is 28.9 Å². The van der Waals surface area contributed by atoms with Gasteiger partial charge in [0.2, 0.25) is 5.91 Å². The van der Waals surface area contributed by atoms with Crippen molar-refractivity contribution >= 4 is 34.8 Å². The van der Waals surface area contributed by atoms with E-state index in [1.54, 1.807) is 6.07 Å². The highest BCUT2D eigenvalue weighted by molar-refractivity contribution is 6.00. The standard InChI is InChI=1S/C19H16FN3O6/c20-15-6-1-2-7-16(15)22-10-12(8-18(22)25)19(26)29-11-17(24)21-13-4-3-5-14(9-13)23(27)28/h1-7,9,12H,8,10-11H2,(H,21,24)/t12-/m0/s1. The van der Waals surface area contributed by atoms with Crippen LogP contribution in [-0.4, -0.2) is 35.9 Å². The Morgan fingerprint density at radius 2 is 2.00 bits per heavy atom. The van der Waals surface area contributed by atoms with E-state index in [2.05, 4.69) is 5.32 Å². The number of hydrogen-bond donors (Lipinski definition) is 1. The number of amides is 2. The lowest BCUT2D eigenvalue weighted by molar-refractivity contribution is -0.384. The molecule has 0 spiro atoms. The summed E-state index contributed by atoms with van der Waals surface area (Å²) < 4.78 is 18.8. The first-order valence-electron chi connectivity index (χ1n) is 8.61. The molecule has 1 atom stereocenters. The van der Waals surface area contributed by atoms with E-state index in [1.807, 2.05) is 0 Å². The summed E-state index contributed by atoms with van der Waals surface area (Å²) in [7, 11) is 0. The van der Waals surface area contributed by atoms with E-state index in [-0.39, 0.29) is 30.0 Å². The molecule has 10 heteroatoms. The van der Waals surface area contributed by atoms with Gasteiger partial charge < -0.3 is 15.0 Å². The highest BCUT2D eigenvalue weighted by Gasteiger charge is 2.37. The third-order valence-electron chi connectivity index (χ3n) is 4.29. The van der Waals surface area contributed by atoms with Crippen LogP contribution in [0.1, 0.15) is 6.42 Å². The molecule has 3 rings (SSSR count). The third-order valence-corrected chi connectivity index (χ3v) is 4.29. The number of esters is 1. The number of nitro benzene ring substituents is 1. The van der Waals surface area contributed by atoms with Gasteiger partial charge in [-0.2, -0.15) is 0 Å². The first-order chi connectivity index (χ1) is 13.8. The molecule has 2 aromatic carbocycles. The maximum atomic E-state index is 13.9. The number of nitrogens with one attached hydrogen (secondary N) is 1. The fraction of sp³-hybridized carbons (Fsp3) is 0.211.